The van der Waals surface area contributed by atoms with E-state index in [-0.39, 0.29) is 11.7 Å². The Morgan fingerprint density at radius 1 is 1.44 bits per heavy atom. The first kappa shape index (κ1) is 10.3. The molecule has 5 heteroatoms. The molecule has 0 radical (unpaired) electrons. The molecule has 0 N–H and O–H groups in total. The highest BCUT2D eigenvalue weighted by molar-refractivity contribution is 5.62. The number of carbonyl (C=O) groups excluding carboxylic acids is 1. The van der Waals surface area contributed by atoms with Gasteiger partial charge in [-0.3, -0.25) is 0 Å². The highest BCUT2D eigenvalue weighted by atomic mass is 19.1. The fourth-order valence-electron chi connectivity index (χ4n) is 1.30. The summed E-state index contributed by atoms with van der Waals surface area (Å²) in [5.41, 5.74) is 1.72. The fraction of sp³-hybridized carbons (Fsp3) is 0.0909. The second kappa shape index (κ2) is 4.08. The maximum Gasteiger partial charge on any atom is 0.261 e. The zero-order valence-electron chi connectivity index (χ0n) is 8.40. The highest BCUT2D eigenvalue weighted by Crippen LogP contribution is 2.24. The lowest BCUT2D eigenvalue weighted by molar-refractivity contribution is 0.432. The Balaban J connectivity index is 2.42. The van der Waals surface area contributed by atoms with Crippen molar-refractivity contribution in [3.8, 4) is 11.3 Å². The van der Waals surface area contributed by atoms with Gasteiger partial charge in [0.2, 0.25) is 6.08 Å². The van der Waals surface area contributed by atoms with Gasteiger partial charge in [-0.25, -0.2) is 9.18 Å². The van der Waals surface area contributed by atoms with Crippen molar-refractivity contribution in [2.75, 3.05) is 0 Å². The van der Waals surface area contributed by atoms with E-state index in [2.05, 4.69) is 10.1 Å². The lowest BCUT2D eigenvalue weighted by atomic mass is 10.1. The van der Waals surface area contributed by atoms with Crippen LogP contribution in [0.25, 0.3) is 11.3 Å². The maximum atomic E-state index is 13.0. The van der Waals surface area contributed by atoms with E-state index in [0.29, 0.717) is 16.8 Å². The molecule has 0 bridgehead atoms. The van der Waals surface area contributed by atoms with E-state index in [4.69, 9.17) is 4.52 Å². The van der Waals surface area contributed by atoms with Crippen LogP contribution in [0.4, 0.5) is 10.3 Å². The van der Waals surface area contributed by atoms with Gasteiger partial charge in [0.1, 0.15) is 11.5 Å². The smallest absolute Gasteiger partial charge is 0.261 e. The van der Waals surface area contributed by atoms with Crippen LogP contribution in [-0.2, 0) is 4.79 Å². The van der Waals surface area contributed by atoms with E-state index in [1.165, 1.54) is 18.2 Å². The van der Waals surface area contributed by atoms with Crippen LogP contribution in [0.3, 0.4) is 0 Å². The molecule has 80 valence electrons. The van der Waals surface area contributed by atoms with Crippen molar-refractivity contribution in [3.05, 3.63) is 35.6 Å². The first-order chi connectivity index (χ1) is 7.70. The van der Waals surface area contributed by atoms with Gasteiger partial charge in [-0.05, 0) is 30.7 Å². The maximum absolute atomic E-state index is 13.0. The van der Waals surface area contributed by atoms with E-state index < -0.39 is 0 Å². The van der Waals surface area contributed by atoms with Gasteiger partial charge in [-0.1, -0.05) is 5.16 Å². The molecule has 0 atom stereocenters. The van der Waals surface area contributed by atoms with Gasteiger partial charge in [0.25, 0.3) is 5.88 Å². The molecule has 0 aliphatic carbocycles. The van der Waals surface area contributed by atoms with Crippen molar-refractivity contribution in [2.24, 2.45) is 4.99 Å². The van der Waals surface area contributed by atoms with Crippen molar-refractivity contribution in [1.29, 1.82) is 0 Å². The zero-order valence-corrected chi connectivity index (χ0v) is 8.40. The Morgan fingerprint density at radius 3 is 2.94 bits per heavy atom. The van der Waals surface area contributed by atoms with Crippen molar-refractivity contribution in [2.45, 2.75) is 6.92 Å². The Kier molecular flexibility index (Phi) is 2.62. The molecule has 0 saturated heterocycles. The molecule has 1 aromatic carbocycles. The normalized spacial score (nSPS) is 9.88. The fourth-order valence-corrected chi connectivity index (χ4v) is 1.30. The minimum atomic E-state index is -0.279. The highest BCUT2D eigenvalue weighted by Gasteiger charge is 2.07. The van der Waals surface area contributed by atoms with Gasteiger partial charge in [-0.15, -0.1) is 4.99 Å². The number of halogens is 1. The molecule has 0 spiro atoms. The minimum absolute atomic E-state index is 0.0759. The summed E-state index contributed by atoms with van der Waals surface area (Å²) in [6, 6.07) is 6.05. The van der Waals surface area contributed by atoms with E-state index in [9.17, 15) is 9.18 Å². The Hall–Kier alpha value is -2.26. The van der Waals surface area contributed by atoms with E-state index in [1.54, 1.807) is 19.1 Å². The Bertz CT molecular complexity index is 571. The molecule has 0 amide bonds. The summed E-state index contributed by atoms with van der Waals surface area (Å²) in [5.74, 6) is -0.203. The van der Waals surface area contributed by atoms with Crippen LogP contribution in [-0.4, -0.2) is 11.2 Å². The Morgan fingerprint density at radius 2 is 2.25 bits per heavy atom. The SMILES string of the molecule is Cc1cc(-c2cc(N=C=O)on2)ccc1F. The van der Waals surface area contributed by atoms with Crippen LogP contribution < -0.4 is 0 Å². The average molecular weight is 218 g/mol. The second-order valence-electron chi connectivity index (χ2n) is 3.22. The number of aromatic nitrogens is 1. The van der Waals surface area contributed by atoms with Gasteiger partial charge in [0.05, 0.1) is 0 Å². The first-order valence-electron chi connectivity index (χ1n) is 4.52. The lowest BCUT2D eigenvalue weighted by Gasteiger charge is -1.98. The van der Waals surface area contributed by atoms with Crippen molar-refractivity contribution < 1.29 is 13.7 Å². The first-order valence-corrected chi connectivity index (χ1v) is 4.52. The topological polar surface area (TPSA) is 55.5 Å². The third-order valence-corrected chi connectivity index (χ3v) is 2.11. The molecule has 0 fully saturated rings. The van der Waals surface area contributed by atoms with E-state index in [1.807, 2.05) is 0 Å². The van der Waals surface area contributed by atoms with Crippen LogP contribution in [0.5, 0.6) is 0 Å². The Labute approximate surface area is 90.4 Å². The summed E-state index contributed by atoms with van der Waals surface area (Å²) < 4.78 is 17.8. The van der Waals surface area contributed by atoms with Crippen LogP contribution in [0, 0.1) is 12.7 Å². The average Bonchev–Trinajstić information content (AvgIpc) is 2.71. The molecule has 2 aromatic rings. The van der Waals surface area contributed by atoms with E-state index in [0.717, 1.165) is 0 Å². The lowest BCUT2D eigenvalue weighted by Crippen LogP contribution is -1.83. The molecule has 1 heterocycles. The third kappa shape index (κ3) is 1.89. The van der Waals surface area contributed by atoms with Gasteiger partial charge in [0, 0.05) is 11.6 Å². The second-order valence-corrected chi connectivity index (χ2v) is 3.22. The number of hydrogen-bond acceptors (Lipinski definition) is 4. The van der Waals surface area contributed by atoms with E-state index >= 15 is 0 Å². The molecular formula is C11H7FN2O2. The molecule has 0 saturated carbocycles. The zero-order chi connectivity index (χ0) is 11.5. The van der Waals surface area contributed by atoms with Crippen molar-refractivity contribution >= 4 is 12.0 Å². The molecule has 1 aromatic heterocycles. The summed E-state index contributed by atoms with van der Waals surface area (Å²) in [6.45, 7) is 1.66. The summed E-state index contributed by atoms with van der Waals surface area (Å²) in [5, 5.41) is 3.71. The molecule has 0 aliphatic heterocycles. The van der Waals surface area contributed by atoms with Crippen LogP contribution in [0.2, 0.25) is 0 Å². The van der Waals surface area contributed by atoms with Gasteiger partial charge >= 0.3 is 0 Å². The minimum Gasteiger partial charge on any atom is -0.335 e. The van der Waals surface area contributed by atoms with Crippen molar-refractivity contribution in [3.63, 3.8) is 0 Å². The summed E-state index contributed by atoms with van der Waals surface area (Å²) >= 11 is 0. The third-order valence-electron chi connectivity index (χ3n) is 2.11. The van der Waals surface area contributed by atoms with Crippen LogP contribution in [0.15, 0.2) is 33.8 Å². The van der Waals surface area contributed by atoms with Gasteiger partial charge in [0.15, 0.2) is 0 Å². The molecule has 0 unspecified atom stereocenters. The largest absolute Gasteiger partial charge is 0.335 e. The molecule has 16 heavy (non-hydrogen) atoms. The standard InChI is InChI=1S/C11H7FN2O2/c1-7-4-8(2-3-9(7)12)10-5-11(13-6-15)16-14-10/h2-5H,1H3. The number of isocyanates is 1. The molecule has 2 rings (SSSR count). The van der Waals surface area contributed by atoms with Gasteiger partial charge in [-0.2, -0.15) is 0 Å². The summed E-state index contributed by atoms with van der Waals surface area (Å²) in [7, 11) is 0. The van der Waals surface area contributed by atoms with Crippen LogP contribution >= 0.6 is 0 Å². The molecule has 4 nitrogen and oxygen atoms in total. The number of rotatable bonds is 2. The molecular weight excluding hydrogens is 211 g/mol. The summed E-state index contributed by atoms with van der Waals surface area (Å²) in [4.78, 5) is 13.3. The van der Waals surface area contributed by atoms with Crippen LogP contribution in [0.1, 0.15) is 5.56 Å². The monoisotopic (exact) mass is 218 g/mol. The van der Waals surface area contributed by atoms with Crippen molar-refractivity contribution in [1.82, 2.24) is 5.16 Å². The number of aryl methyl sites for hydroxylation is 1. The number of nitrogens with zero attached hydrogens (tertiary/aromatic N) is 2. The molecule has 0 aliphatic rings. The number of hydrogen-bond donors (Lipinski definition) is 0. The summed E-state index contributed by atoms with van der Waals surface area (Å²) in [6.07, 6.45) is 1.35. The number of benzene rings is 1. The predicted octanol–water partition coefficient (Wildman–Crippen LogP) is 2.76. The number of aliphatic imine (C=N–C) groups is 1. The predicted molar refractivity (Wildman–Crippen MR) is 54.4 cm³/mol. The quantitative estimate of drug-likeness (QED) is 0.575. The van der Waals surface area contributed by atoms with Gasteiger partial charge < -0.3 is 4.52 Å².